The van der Waals surface area contributed by atoms with E-state index in [9.17, 15) is 9.59 Å². The Morgan fingerprint density at radius 3 is 2.19 bits per heavy atom. The van der Waals surface area contributed by atoms with Crippen molar-refractivity contribution in [3.05, 3.63) is 90.0 Å². The number of benzene rings is 2. The monoisotopic (exact) mass is 410 g/mol. The molecule has 5 rings (SSSR count). The molecule has 2 aromatic heterocycles. The fourth-order valence-electron chi connectivity index (χ4n) is 3.64. The largest absolute Gasteiger partial charge is 0.486 e. The minimum atomic E-state index is -0.326. The zero-order valence-corrected chi connectivity index (χ0v) is 16.7. The molecular weight excluding hydrogens is 392 g/mol. The number of imide groups is 1. The summed E-state index contributed by atoms with van der Waals surface area (Å²) in [5.74, 6) is 0.718. The van der Waals surface area contributed by atoms with Gasteiger partial charge in [0.05, 0.1) is 22.2 Å². The van der Waals surface area contributed by atoms with E-state index in [-0.39, 0.29) is 11.8 Å². The zero-order valence-electron chi connectivity index (χ0n) is 16.7. The second-order valence-electron chi connectivity index (χ2n) is 7.17. The van der Waals surface area contributed by atoms with Crippen LogP contribution in [0, 0.1) is 0 Å². The van der Waals surface area contributed by atoms with E-state index in [2.05, 4.69) is 15.0 Å². The smallest absolute Gasteiger partial charge is 0.261 e. The van der Waals surface area contributed by atoms with Gasteiger partial charge in [-0.3, -0.25) is 19.5 Å². The molecule has 1 aliphatic rings. The van der Waals surface area contributed by atoms with Gasteiger partial charge in [-0.05, 0) is 47.5 Å². The third kappa shape index (κ3) is 3.36. The first kappa shape index (κ1) is 18.7. The molecule has 0 fully saturated rings. The van der Waals surface area contributed by atoms with E-state index < -0.39 is 0 Å². The lowest BCUT2D eigenvalue weighted by Gasteiger charge is -2.08. The molecule has 2 amide bonds. The van der Waals surface area contributed by atoms with Gasteiger partial charge in [-0.25, -0.2) is 4.98 Å². The average molecular weight is 410 g/mol. The number of para-hydroxylation sites is 2. The fraction of sp³-hybridized carbons (Fsp3) is 0.0833. The zero-order chi connectivity index (χ0) is 21.4. The summed E-state index contributed by atoms with van der Waals surface area (Å²) in [5, 5.41) is 0. The molecule has 0 unspecified atom stereocenters. The molecule has 0 aliphatic carbocycles. The fourth-order valence-corrected chi connectivity index (χ4v) is 3.64. The van der Waals surface area contributed by atoms with Crippen molar-refractivity contribution in [3.8, 4) is 5.75 Å². The lowest BCUT2D eigenvalue weighted by molar-refractivity contribution is -0.134. The van der Waals surface area contributed by atoms with Gasteiger partial charge in [-0.2, -0.15) is 0 Å². The van der Waals surface area contributed by atoms with Crippen LogP contribution in [0.15, 0.2) is 73.1 Å². The van der Waals surface area contributed by atoms with E-state index in [0.717, 1.165) is 21.8 Å². The minimum absolute atomic E-state index is 0.291. The summed E-state index contributed by atoms with van der Waals surface area (Å²) in [6.45, 7) is 0.291. The van der Waals surface area contributed by atoms with E-state index in [1.54, 1.807) is 48.8 Å². The Bertz CT molecular complexity index is 1290. The number of rotatable bonds is 5. The molecule has 0 radical (unpaired) electrons. The highest BCUT2D eigenvalue weighted by molar-refractivity contribution is 6.48. The van der Waals surface area contributed by atoms with E-state index in [1.165, 1.54) is 7.05 Å². The van der Waals surface area contributed by atoms with Crippen LogP contribution < -0.4 is 4.74 Å². The van der Waals surface area contributed by atoms with Gasteiger partial charge in [0.1, 0.15) is 18.2 Å². The lowest BCUT2D eigenvalue weighted by atomic mass is 9.97. The average Bonchev–Trinajstić information content (AvgIpc) is 3.33. The van der Waals surface area contributed by atoms with Crippen LogP contribution in [0.4, 0.5) is 0 Å². The summed E-state index contributed by atoms with van der Waals surface area (Å²) in [4.78, 5) is 38.3. The summed E-state index contributed by atoms with van der Waals surface area (Å²) in [7, 11) is 1.49. The standard InChI is InChI=1S/C24H18N4O3/c1-28-23(29)21(22(24(28)30)16-10-12-25-13-11-16)15-6-8-17(9-7-15)31-14-20-26-18-4-2-3-5-19(18)27-20/h2-13H,14H2,1H3,(H,26,27). The molecule has 4 aromatic rings. The quantitative estimate of drug-likeness (QED) is 0.509. The number of aromatic nitrogens is 3. The molecule has 0 saturated carbocycles. The van der Waals surface area contributed by atoms with Gasteiger partial charge in [-0.1, -0.05) is 24.3 Å². The van der Waals surface area contributed by atoms with Crippen LogP contribution in [0.3, 0.4) is 0 Å². The molecule has 0 atom stereocenters. The van der Waals surface area contributed by atoms with E-state index in [4.69, 9.17) is 4.74 Å². The molecule has 1 aliphatic heterocycles. The van der Waals surface area contributed by atoms with E-state index >= 15 is 0 Å². The normalized spacial score (nSPS) is 14.0. The second-order valence-corrected chi connectivity index (χ2v) is 7.17. The highest BCUT2D eigenvalue weighted by Crippen LogP contribution is 2.35. The van der Waals surface area contributed by atoms with Crippen LogP contribution in [-0.4, -0.2) is 38.7 Å². The summed E-state index contributed by atoms with van der Waals surface area (Å²) in [6, 6.07) is 18.4. The number of fused-ring (bicyclic) bond motifs is 1. The number of ether oxygens (including phenoxy) is 1. The number of hydrogen-bond donors (Lipinski definition) is 1. The molecule has 7 nitrogen and oxygen atoms in total. The number of nitrogens with zero attached hydrogens (tertiary/aromatic N) is 3. The maximum atomic E-state index is 12.8. The second kappa shape index (κ2) is 7.53. The molecule has 0 bridgehead atoms. The number of carbonyl (C=O) groups is 2. The first-order valence-corrected chi connectivity index (χ1v) is 9.76. The molecule has 1 N–H and O–H groups in total. The predicted molar refractivity (Wildman–Crippen MR) is 116 cm³/mol. The van der Waals surface area contributed by atoms with Crippen molar-refractivity contribution >= 4 is 34.0 Å². The topological polar surface area (TPSA) is 88.2 Å². The summed E-state index contributed by atoms with van der Waals surface area (Å²) < 4.78 is 5.84. The maximum Gasteiger partial charge on any atom is 0.261 e. The Kier molecular flexibility index (Phi) is 4.55. The van der Waals surface area contributed by atoms with Crippen molar-refractivity contribution in [2.75, 3.05) is 7.05 Å². The van der Waals surface area contributed by atoms with Crippen LogP contribution in [-0.2, 0) is 16.2 Å². The lowest BCUT2D eigenvalue weighted by Crippen LogP contribution is -2.26. The predicted octanol–water partition coefficient (Wildman–Crippen LogP) is 3.45. The molecule has 0 saturated heterocycles. The van der Waals surface area contributed by atoms with E-state index in [1.807, 2.05) is 24.3 Å². The number of pyridine rings is 1. The van der Waals surface area contributed by atoms with Crippen LogP contribution in [0.5, 0.6) is 5.75 Å². The number of carbonyl (C=O) groups excluding carboxylic acids is 2. The van der Waals surface area contributed by atoms with Gasteiger partial charge in [0.2, 0.25) is 0 Å². The van der Waals surface area contributed by atoms with Crippen LogP contribution in [0.1, 0.15) is 17.0 Å². The number of H-pyrrole nitrogens is 1. The summed E-state index contributed by atoms with van der Waals surface area (Å²) in [5.41, 5.74) is 3.93. The molecule has 3 heterocycles. The van der Waals surface area contributed by atoms with Crippen molar-refractivity contribution in [2.45, 2.75) is 6.61 Å². The van der Waals surface area contributed by atoms with Crippen LogP contribution in [0.25, 0.3) is 22.2 Å². The molecule has 0 spiro atoms. The highest BCUT2D eigenvalue weighted by Gasteiger charge is 2.37. The first-order chi connectivity index (χ1) is 15.1. The maximum absolute atomic E-state index is 12.8. The van der Waals surface area contributed by atoms with Crippen molar-refractivity contribution in [1.82, 2.24) is 19.9 Å². The van der Waals surface area contributed by atoms with Gasteiger partial charge in [0, 0.05) is 19.4 Å². The third-order valence-corrected chi connectivity index (χ3v) is 5.21. The third-order valence-electron chi connectivity index (χ3n) is 5.21. The van der Waals surface area contributed by atoms with Crippen LogP contribution in [0.2, 0.25) is 0 Å². The number of nitrogens with one attached hydrogen (secondary N) is 1. The summed E-state index contributed by atoms with van der Waals surface area (Å²) in [6.07, 6.45) is 3.20. The van der Waals surface area contributed by atoms with Crippen LogP contribution >= 0.6 is 0 Å². The van der Waals surface area contributed by atoms with Crippen molar-refractivity contribution in [2.24, 2.45) is 0 Å². The molecule has 7 heteroatoms. The first-order valence-electron chi connectivity index (χ1n) is 9.76. The van der Waals surface area contributed by atoms with Gasteiger partial charge >= 0.3 is 0 Å². The van der Waals surface area contributed by atoms with Gasteiger partial charge in [-0.15, -0.1) is 0 Å². The van der Waals surface area contributed by atoms with Gasteiger partial charge in [0.15, 0.2) is 0 Å². The van der Waals surface area contributed by atoms with Crippen molar-refractivity contribution in [3.63, 3.8) is 0 Å². The number of aromatic amines is 1. The molecular formula is C24H18N4O3. The highest BCUT2D eigenvalue weighted by atomic mass is 16.5. The van der Waals surface area contributed by atoms with Gasteiger partial charge < -0.3 is 9.72 Å². The molecule has 2 aromatic carbocycles. The van der Waals surface area contributed by atoms with Crippen molar-refractivity contribution in [1.29, 1.82) is 0 Å². The van der Waals surface area contributed by atoms with E-state index in [0.29, 0.717) is 34.6 Å². The number of hydrogen-bond acceptors (Lipinski definition) is 5. The number of imidazole rings is 1. The Morgan fingerprint density at radius 2 is 1.52 bits per heavy atom. The molecule has 152 valence electrons. The minimum Gasteiger partial charge on any atom is -0.486 e. The number of amides is 2. The SMILES string of the molecule is CN1C(=O)C(c2ccncc2)=C(c2ccc(OCc3nc4ccccc4[nH]3)cc2)C1=O. The summed E-state index contributed by atoms with van der Waals surface area (Å²) >= 11 is 0. The van der Waals surface area contributed by atoms with Gasteiger partial charge in [0.25, 0.3) is 11.8 Å². The Labute approximate surface area is 178 Å². The molecule has 31 heavy (non-hydrogen) atoms. The Hall–Kier alpha value is -4.26. The number of likely N-dealkylation sites (N-methyl/N-ethyl adjacent to an activating group) is 1. The Balaban J connectivity index is 1.41. The Morgan fingerprint density at radius 1 is 0.871 bits per heavy atom. The van der Waals surface area contributed by atoms with Crippen molar-refractivity contribution < 1.29 is 14.3 Å².